The Labute approximate surface area is 348 Å². The number of halogens is 7. The molecule has 4 heterocycles. The van der Waals surface area contributed by atoms with Gasteiger partial charge in [-0.15, -0.1) is 0 Å². The number of benzene rings is 4. The second-order valence-electron chi connectivity index (χ2n) is 15.8. The number of alkyl halides is 6. The molecule has 0 N–H and O–H groups in total. The average molecular weight is 869 g/mol. The molecule has 2 atom stereocenters. The average Bonchev–Trinajstić information content (AvgIpc) is 3.82. The van der Waals surface area contributed by atoms with Crippen LogP contribution in [0.4, 0.5) is 35.9 Å². The van der Waals surface area contributed by atoms with Crippen LogP contribution in [0.5, 0.6) is 0 Å². The van der Waals surface area contributed by atoms with Gasteiger partial charge in [-0.25, -0.2) is 19.4 Å². The van der Waals surface area contributed by atoms with E-state index in [9.17, 15) is 55.1 Å². The number of hydrogen-bond donors (Lipinski definition) is 0. The monoisotopic (exact) mass is 868 g/mol. The minimum absolute atomic E-state index is 0.00203. The van der Waals surface area contributed by atoms with Crippen molar-refractivity contribution in [1.29, 1.82) is 0 Å². The van der Waals surface area contributed by atoms with Crippen LogP contribution in [0.3, 0.4) is 0 Å². The molecule has 0 bridgehead atoms. The van der Waals surface area contributed by atoms with Crippen molar-refractivity contribution in [3.8, 4) is 22.3 Å². The lowest BCUT2D eigenvalue weighted by Gasteiger charge is -2.42. The first-order chi connectivity index (χ1) is 28.6. The van der Waals surface area contributed by atoms with Gasteiger partial charge in [-0.3, -0.25) is 19.2 Å². The molecule has 4 aromatic rings. The van der Waals surface area contributed by atoms with Gasteiger partial charge >= 0.3 is 24.4 Å². The van der Waals surface area contributed by atoms with Gasteiger partial charge in [-0.1, -0.05) is 75.4 Å². The number of carbonyl (C=O) groups is 6. The molecule has 19 heteroatoms. The molecule has 2 saturated heterocycles. The third-order valence-electron chi connectivity index (χ3n) is 11.8. The molecule has 61 heavy (non-hydrogen) atoms. The first-order valence-corrected chi connectivity index (χ1v) is 19.2. The smallest absolute Gasteiger partial charge is 0.325 e. The first-order valence-electron chi connectivity index (χ1n) is 18.8. The Hall–Kier alpha value is -6.11. The second kappa shape index (κ2) is 14.5. The van der Waals surface area contributed by atoms with Gasteiger partial charge in [-0.2, -0.15) is 26.3 Å². The van der Waals surface area contributed by atoms with E-state index in [0.29, 0.717) is 49.4 Å². The molecule has 8 amide bonds. The molecule has 12 nitrogen and oxygen atoms in total. The van der Waals surface area contributed by atoms with Crippen molar-refractivity contribution in [2.45, 2.75) is 38.5 Å². The number of amides is 8. The molecule has 0 aromatic heterocycles. The lowest BCUT2D eigenvalue weighted by molar-refractivity contribution is -1.43. The third kappa shape index (κ3) is 7.21. The highest BCUT2D eigenvalue weighted by Gasteiger charge is 2.72. The summed E-state index contributed by atoms with van der Waals surface area (Å²) in [6, 6.07) is 19.9. The van der Waals surface area contributed by atoms with E-state index in [1.807, 2.05) is 0 Å². The van der Waals surface area contributed by atoms with Crippen LogP contribution in [-0.2, 0) is 35.8 Å². The van der Waals surface area contributed by atoms with Gasteiger partial charge in [-0.05, 0) is 57.6 Å². The molecule has 316 valence electrons. The number of nitrogens with zero attached hydrogens (tertiary/aromatic N) is 6. The molecule has 0 radical (unpaired) electrons. The second-order valence-corrected chi connectivity index (χ2v) is 16.2. The number of imide groups is 2. The number of urea groups is 2. The van der Waals surface area contributed by atoms with E-state index in [-0.39, 0.29) is 42.3 Å². The van der Waals surface area contributed by atoms with Crippen LogP contribution >= 0.6 is 11.6 Å². The SMILES string of the molecule is CN1C(=O)C[N+](Cc2ccc(-c3ccc4c(c3)CN(CC(F)(F)F)C4=O)cc2)([N+]2(Cc3ccc(-c4cc(Cl)c5c(c4)CN(CC(F)(F)F)C5=O)cc3)CC(=O)N(C)C2=O)C1=O. The fraction of sp³-hybridized carbons (Fsp3) is 0.286. The Morgan fingerprint density at radius 1 is 0.557 bits per heavy atom. The largest absolute Gasteiger partial charge is 0.474 e. The van der Waals surface area contributed by atoms with E-state index in [2.05, 4.69) is 0 Å². The molecule has 4 aliphatic rings. The van der Waals surface area contributed by atoms with Crippen LogP contribution in [0.1, 0.15) is 43.0 Å². The van der Waals surface area contributed by atoms with E-state index in [1.165, 1.54) is 26.2 Å². The van der Waals surface area contributed by atoms with Gasteiger partial charge in [0.25, 0.3) is 23.6 Å². The molecule has 8 rings (SSSR count). The van der Waals surface area contributed by atoms with E-state index < -0.39 is 83.4 Å². The minimum atomic E-state index is -4.60. The van der Waals surface area contributed by atoms with E-state index in [4.69, 9.17) is 11.6 Å². The zero-order valence-corrected chi connectivity index (χ0v) is 33.2. The van der Waals surface area contributed by atoms with Gasteiger partial charge in [0.2, 0.25) is 13.1 Å². The Morgan fingerprint density at radius 2 is 0.984 bits per heavy atom. The van der Waals surface area contributed by atoms with Crippen molar-refractivity contribution in [2.24, 2.45) is 0 Å². The predicted molar refractivity (Wildman–Crippen MR) is 204 cm³/mol. The Morgan fingerprint density at radius 3 is 1.44 bits per heavy atom. The summed E-state index contributed by atoms with van der Waals surface area (Å²) in [7, 11) is 2.60. The topological polar surface area (TPSA) is 115 Å². The summed E-state index contributed by atoms with van der Waals surface area (Å²) in [5.74, 6) is -2.68. The lowest BCUT2D eigenvalue weighted by Crippen LogP contribution is -2.74. The summed E-state index contributed by atoms with van der Waals surface area (Å²) in [5, 5.41) is -0.0132. The van der Waals surface area contributed by atoms with E-state index in [0.717, 1.165) is 14.7 Å². The number of rotatable bonds is 9. The Kier molecular flexibility index (Phi) is 9.91. The summed E-state index contributed by atoms with van der Waals surface area (Å²) in [6.45, 7) is -4.58. The van der Waals surface area contributed by atoms with Crippen molar-refractivity contribution < 1.29 is 64.3 Å². The summed E-state index contributed by atoms with van der Waals surface area (Å²) in [4.78, 5) is 84.1. The minimum Gasteiger partial charge on any atom is -0.325 e. The normalized spacial score (nSPS) is 21.7. The standard InChI is InChI=1S/C42H35ClF6N6O6/c1-50-34(56)20-54(39(50)60,18-24-3-7-26(8-4-24)28-11-12-32-30(13-28)16-52(37(32)58)22-41(44,45)46)55(21-35(57)51(2)40(55)61)19-25-5-9-27(10-6-25)29-14-31-17-53(23-42(47,48)49)38(59)36(31)33(43)15-29/h3-15H,16-23H2,1-2H3/q+2. The maximum atomic E-state index is 14.4. The van der Waals surface area contributed by atoms with Crippen LogP contribution in [0.15, 0.2) is 78.9 Å². The Balaban J connectivity index is 1.09. The van der Waals surface area contributed by atoms with Crippen LogP contribution in [0.2, 0.25) is 5.02 Å². The molecule has 4 aliphatic heterocycles. The third-order valence-corrected chi connectivity index (χ3v) is 12.1. The highest BCUT2D eigenvalue weighted by molar-refractivity contribution is 6.34. The summed E-state index contributed by atoms with van der Waals surface area (Å²) in [5.41, 5.74) is 4.33. The van der Waals surface area contributed by atoms with Gasteiger partial charge in [0.05, 0.1) is 10.6 Å². The summed E-state index contributed by atoms with van der Waals surface area (Å²) < 4.78 is 77.0. The fourth-order valence-electron chi connectivity index (χ4n) is 8.77. The molecule has 0 saturated carbocycles. The number of quaternary nitrogens is 2. The van der Waals surface area contributed by atoms with Crippen molar-refractivity contribution in [2.75, 3.05) is 40.3 Å². The molecular weight excluding hydrogens is 834 g/mol. The summed E-state index contributed by atoms with van der Waals surface area (Å²) in [6.07, 6.45) is -9.15. The lowest BCUT2D eigenvalue weighted by atomic mass is 9.99. The van der Waals surface area contributed by atoms with Crippen molar-refractivity contribution in [3.63, 3.8) is 0 Å². The van der Waals surface area contributed by atoms with Gasteiger partial charge in [0.15, 0.2) is 13.1 Å². The molecular formula is C42H35ClF6N6O6+2. The number of likely N-dealkylation sites (N-methyl/N-ethyl adjacent to an activating group) is 2. The maximum Gasteiger partial charge on any atom is 0.474 e. The quantitative estimate of drug-likeness (QED) is 0.100. The fourth-order valence-corrected chi connectivity index (χ4v) is 9.09. The van der Waals surface area contributed by atoms with Gasteiger partial charge in [0, 0.05) is 43.9 Å². The van der Waals surface area contributed by atoms with Gasteiger partial charge in [0.1, 0.15) is 13.1 Å². The maximum absolute atomic E-state index is 14.4. The number of hydrogen-bond acceptors (Lipinski definition) is 6. The zero-order chi connectivity index (χ0) is 44.0. The van der Waals surface area contributed by atoms with Crippen LogP contribution in [0, 0.1) is 0 Å². The van der Waals surface area contributed by atoms with Gasteiger partial charge < -0.3 is 9.80 Å². The van der Waals surface area contributed by atoms with Crippen LogP contribution < -0.4 is 0 Å². The Bertz CT molecular complexity index is 2570. The van der Waals surface area contributed by atoms with Crippen LogP contribution in [0.25, 0.3) is 22.3 Å². The van der Waals surface area contributed by atoms with E-state index in [1.54, 1.807) is 66.7 Å². The highest BCUT2D eigenvalue weighted by Crippen LogP contribution is 2.41. The molecule has 0 spiro atoms. The molecule has 2 unspecified atom stereocenters. The van der Waals surface area contributed by atoms with E-state index >= 15 is 0 Å². The predicted octanol–water partition coefficient (Wildman–Crippen LogP) is 7.14. The van der Waals surface area contributed by atoms with Crippen molar-refractivity contribution in [3.05, 3.63) is 117 Å². The number of carbonyl (C=O) groups excluding carboxylic acids is 6. The zero-order valence-electron chi connectivity index (χ0n) is 32.4. The molecule has 2 fully saturated rings. The van der Waals surface area contributed by atoms with Crippen molar-refractivity contribution >= 4 is 47.3 Å². The van der Waals surface area contributed by atoms with Crippen LogP contribution in [-0.4, -0.2) is 117 Å². The number of fused-ring (bicyclic) bond motifs is 2. The molecule has 0 aliphatic carbocycles. The first kappa shape index (κ1) is 41.6. The van der Waals surface area contributed by atoms with Crippen molar-refractivity contribution in [1.82, 2.24) is 19.6 Å². The molecule has 4 aromatic carbocycles. The highest BCUT2D eigenvalue weighted by atomic mass is 35.5. The summed E-state index contributed by atoms with van der Waals surface area (Å²) >= 11 is 6.43.